The molecule has 5 heterocycles. The van der Waals surface area contributed by atoms with Gasteiger partial charge in [-0.05, 0) is 50.0 Å². The Hall–Kier alpha value is -0.900. The Kier molecular flexibility index (Phi) is 7.31. The highest BCUT2D eigenvalue weighted by atomic mass is 32.5. The van der Waals surface area contributed by atoms with Gasteiger partial charge in [0.1, 0.15) is 48.6 Å². The van der Waals surface area contributed by atoms with Gasteiger partial charge in [-0.15, -0.1) is 0 Å². The number of rotatable bonds is 1. The van der Waals surface area contributed by atoms with Gasteiger partial charge >= 0.3 is 14.5 Å². The second-order valence-corrected chi connectivity index (χ2v) is 14.1. The number of phosphoric acid groups is 1. The molecule has 4 aliphatic rings. The summed E-state index contributed by atoms with van der Waals surface area (Å²) in [7, 11) is -4.71. The number of ether oxygens (including phenoxy) is 2. The topological polar surface area (TPSA) is 184 Å². The van der Waals surface area contributed by atoms with Crippen LogP contribution >= 0.6 is 14.5 Å². The quantitative estimate of drug-likeness (QED) is 0.341. The van der Waals surface area contributed by atoms with Gasteiger partial charge in [0.05, 0.1) is 25.0 Å². The molecule has 10 atom stereocenters. The second-order valence-electron chi connectivity index (χ2n) is 9.88. The maximum atomic E-state index is 12.7. The van der Waals surface area contributed by atoms with Crippen LogP contribution in [0.25, 0.3) is 11.0 Å². The van der Waals surface area contributed by atoms with Crippen molar-refractivity contribution in [2.45, 2.75) is 81.6 Å². The number of fused-ring (bicyclic) bond motifs is 3. The molecular weight excluding hydrogens is 564 g/mol. The highest BCUT2D eigenvalue weighted by molar-refractivity contribution is 8.07. The van der Waals surface area contributed by atoms with E-state index in [9.17, 15) is 24.6 Å². The van der Waals surface area contributed by atoms with E-state index >= 15 is 0 Å². The predicted molar refractivity (Wildman–Crippen MR) is 132 cm³/mol. The van der Waals surface area contributed by atoms with Crippen LogP contribution < -0.4 is 0 Å². The van der Waals surface area contributed by atoms with Crippen LogP contribution in [0.15, 0.2) is 12.5 Å². The van der Waals surface area contributed by atoms with Crippen molar-refractivity contribution in [3.8, 4) is 0 Å². The molecule has 0 aromatic carbocycles. The lowest BCUT2D eigenvalue weighted by Crippen LogP contribution is -2.36. The molecule has 3 fully saturated rings. The number of phosphoric ester groups is 1. The molecular formula is C21H29N3O11P2S. The van der Waals surface area contributed by atoms with Gasteiger partial charge in [0.25, 0.3) is 0 Å². The molecule has 3 saturated heterocycles. The van der Waals surface area contributed by atoms with Gasteiger partial charge in [-0.25, -0.2) is 14.5 Å². The van der Waals surface area contributed by atoms with Crippen LogP contribution in [0.3, 0.4) is 0 Å². The first kappa shape index (κ1) is 27.3. The minimum atomic E-state index is -4.71. The Balaban J connectivity index is 1.33. The zero-order valence-electron chi connectivity index (χ0n) is 20.3. The summed E-state index contributed by atoms with van der Waals surface area (Å²) < 4.78 is 47.6. The van der Waals surface area contributed by atoms with Gasteiger partial charge in [0.15, 0.2) is 6.23 Å². The monoisotopic (exact) mass is 593 g/mol. The van der Waals surface area contributed by atoms with Crippen LogP contribution in [0.2, 0.25) is 0 Å². The lowest BCUT2D eigenvalue weighted by molar-refractivity contribution is -0.0547. The van der Waals surface area contributed by atoms with E-state index in [4.69, 9.17) is 39.4 Å². The van der Waals surface area contributed by atoms with E-state index in [0.29, 0.717) is 5.65 Å². The summed E-state index contributed by atoms with van der Waals surface area (Å²) in [4.78, 5) is 30.0. The molecule has 17 heteroatoms. The lowest BCUT2D eigenvalue weighted by Gasteiger charge is -2.26. The third-order valence-electron chi connectivity index (χ3n) is 7.34. The average Bonchev–Trinajstić information content (AvgIpc) is 3.39. The van der Waals surface area contributed by atoms with Crippen LogP contribution in [0.1, 0.15) is 37.3 Å². The smallest absolute Gasteiger partial charge is 0.387 e. The SMILES string of the molecule is C[C@@H]1O[C@@H]2COP(O)(=S)O[C@H]3[C@@H](O)[C@H](n4cc5c6c(ncnc64)CCCC5)O[C@@H]3COP(=O)(O)O[C@@H]1[C@@H]2O. The summed E-state index contributed by atoms with van der Waals surface area (Å²) in [6.07, 6.45) is -2.33. The van der Waals surface area contributed by atoms with E-state index in [1.165, 1.54) is 6.33 Å². The molecule has 2 aromatic heterocycles. The minimum absolute atomic E-state index is 0.376. The Labute approximate surface area is 222 Å². The normalized spacial score (nSPS) is 44.1. The summed E-state index contributed by atoms with van der Waals surface area (Å²) in [6, 6.07) is 0. The van der Waals surface area contributed by atoms with Crippen LogP contribution in [0.5, 0.6) is 0 Å². The number of aliphatic hydroxyl groups is 2. The minimum Gasteiger partial charge on any atom is -0.387 e. The van der Waals surface area contributed by atoms with E-state index < -0.39 is 70.1 Å². The highest BCUT2D eigenvalue weighted by Crippen LogP contribution is 2.53. The van der Waals surface area contributed by atoms with Crippen molar-refractivity contribution >= 4 is 37.4 Å². The first-order valence-electron chi connectivity index (χ1n) is 12.3. The molecule has 1 aliphatic carbocycles. The van der Waals surface area contributed by atoms with Crippen LogP contribution in [0.4, 0.5) is 0 Å². The van der Waals surface area contributed by atoms with Crippen molar-refractivity contribution in [3.63, 3.8) is 0 Å². The van der Waals surface area contributed by atoms with Gasteiger partial charge in [-0.2, -0.15) is 0 Å². The molecule has 0 spiro atoms. The summed E-state index contributed by atoms with van der Waals surface area (Å²) >= 11 is 5.17. The molecule has 0 radical (unpaired) electrons. The van der Waals surface area contributed by atoms with Crippen LogP contribution in [-0.4, -0.2) is 90.5 Å². The number of hydrogen-bond acceptors (Lipinski definition) is 12. The molecule has 0 saturated carbocycles. The zero-order chi connectivity index (χ0) is 26.8. The number of aryl methyl sites for hydroxylation is 2. The van der Waals surface area contributed by atoms with Crippen LogP contribution in [-0.2, 0) is 56.8 Å². The Morgan fingerprint density at radius 1 is 1.00 bits per heavy atom. The van der Waals surface area contributed by atoms with Gasteiger partial charge in [0.2, 0.25) is 0 Å². The summed E-state index contributed by atoms with van der Waals surface area (Å²) in [6.45, 7) is -3.39. The number of aromatic nitrogens is 3. The van der Waals surface area contributed by atoms with Gasteiger partial charge < -0.3 is 38.6 Å². The molecule has 2 unspecified atom stereocenters. The summed E-state index contributed by atoms with van der Waals surface area (Å²) in [5.74, 6) is 0. The van der Waals surface area contributed by atoms with Gasteiger partial charge in [-0.1, -0.05) is 0 Å². The first-order chi connectivity index (χ1) is 18.0. The molecule has 2 bridgehead atoms. The van der Waals surface area contributed by atoms with Crippen molar-refractivity contribution in [1.82, 2.24) is 14.5 Å². The van der Waals surface area contributed by atoms with Gasteiger partial charge in [-0.3, -0.25) is 13.6 Å². The average molecular weight is 593 g/mol. The standard InChI is InChI=1S/C21H29N3O11P2S/c1-10-18-16(25)13(32-10)7-31-37(29,38)35-19-14(8-30-36(27,28)34-18)33-21(17(19)26)24-6-11-4-2-3-5-12-15(11)20(24)23-9-22-12/h6,9-10,13-14,16-19,21,25-26H,2-5,7-8H2,1H3,(H,27,28)(H,29,38)/t10-,13+,14+,16+,17+,18-,19+,21+,37?/m0/s1. The van der Waals surface area contributed by atoms with Gasteiger partial charge in [0, 0.05) is 11.6 Å². The number of hydrogen-bond donors (Lipinski definition) is 4. The van der Waals surface area contributed by atoms with Crippen molar-refractivity contribution < 1.29 is 52.1 Å². The molecule has 38 heavy (non-hydrogen) atoms. The largest absolute Gasteiger partial charge is 0.472 e. The lowest BCUT2D eigenvalue weighted by atomic mass is 10.1. The van der Waals surface area contributed by atoms with E-state index in [2.05, 4.69) is 9.97 Å². The fourth-order valence-corrected chi connectivity index (χ4v) is 7.98. The molecule has 0 amide bonds. The van der Waals surface area contributed by atoms with E-state index in [0.717, 1.165) is 42.3 Å². The third kappa shape index (κ3) is 5.03. The number of aliphatic hydroxyl groups excluding tert-OH is 2. The van der Waals surface area contributed by atoms with E-state index in [-0.39, 0.29) is 6.61 Å². The van der Waals surface area contributed by atoms with E-state index in [1.807, 2.05) is 6.20 Å². The predicted octanol–water partition coefficient (Wildman–Crippen LogP) is 0.851. The zero-order valence-corrected chi connectivity index (χ0v) is 22.9. The molecule has 6 rings (SSSR count). The fraction of sp³-hybridized carbons (Fsp3) is 0.714. The molecule has 4 N–H and O–H groups in total. The fourth-order valence-electron chi connectivity index (χ4n) is 5.54. The van der Waals surface area contributed by atoms with Crippen LogP contribution in [0, 0.1) is 0 Å². The molecule has 210 valence electrons. The Bertz CT molecular complexity index is 1310. The second kappa shape index (κ2) is 10.2. The van der Waals surface area contributed by atoms with E-state index in [1.54, 1.807) is 11.5 Å². The van der Waals surface area contributed by atoms with Crippen molar-refractivity contribution in [2.24, 2.45) is 0 Å². The van der Waals surface area contributed by atoms with Crippen molar-refractivity contribution in [2.75, 3.05) is 13.2 Å². The first-order valence-corrected chi connectivity index (χ1v) is 16.4. The summed E-state index contributed by atoms with van der Waals surface area (Å²) in [5.41, 5.74) is 2.51. The maximum absolute atomic E-state index is 12.7. The number of nitrogens with zero attached hydrogens (tertiary/aromatic N) is 3. The van der Waals surface area contributed by atoms with Crippen molar-refractivity contribution in [3.05, 3.63) is 23.8 Å². The van der Waals surface area contributed by atoms with Crippen molar-refractivity contribution in [1.29, 1.82) is 0 Å². The molecule has 3 aliphatic heterocycles. The highest BCUT2D eigenvalue weighted by Gasteiger charge is 2.51. The molecule has 14 nitrogen and oxygen atoms in total. The maximum Gasteiger partial charge on any atom is 0.472 e. The summed E-state index contributed by atoms with van der Waals surface area (Å²) in [5, 5.41) is 22.8. The third-order valence-corrected chi connectivity index (χ3v) is 9.89. The Morgan fingerprint density at radius 3 is 2.58 bits per heavy atom. The Morgan fingerprint density at radius 2 is 1.76 bits per heavy atom. The molecule has 2 aromatic rings.